The minimum Gasteiger partial charge on any atom is -0.494 e. The third-order valence-corrected chi connectivity index (χ3v) is 3.97. The van der Waals surface area contributed by atoms with Crippen LogP contribution in [0.4, 0.5) is 5.69 Å². The number of ether oxygens (including phenoxy) is 1. The Kier molecular flexibility index (Phi) is 5.17. The van der Waals surface area contributed by atoms with Crippen LogP contribution in [-0.4, -0.2) is 34.3 Å². The summed E-state index contributed by atoms with van der Waals surface area (Å²) < 4.78 is 7.17. The van der Waals surface area contributed by atoms with Crippen molar-refractivity contribution < 1.29 is 9.53 Å². The number of carbonyl (C=O) groups is 1. The molecule has 2 aromatic heterocycles. The number of carbonyl (C=O) groups excluding carboxylic acids is 1. The molecular weight excluding hydrogens is 330 g/mol. The molecule has 0 atom stereocenters. The number of nitrogens with two attached hydrogens (primary N) is 1. The molecule has 134 valence electrons. The first kappa shape index (κ1) is 17.5. The van der Waals surface area contributed by atoms with Crippen LogP contribution in [-0.2, 0) is 13.5 Å². The fraction of sp³-hybridized carbons (Fsp3) is 0.211. The average molecular weight is 351 g/mol. The lowest BCUT2D eigenvalue weighted by molar-refractivity contribution is 0.0949. The first-order chi connectivity index (χ1) is 12.6. The molecule has 0 aliphatic carbocycles. The molecule has 0 saturated heterocycles. The van der Waals surface area contributed by atoms with Gasteiger partial charge in [0.2, 0.25) is 0 Å². The largest absolute Gasteiger partial charge is 0.494 e. The topological polar surface area (TPSA) is 95.1 Å². The van der Waals surface area contributed by atoms with E-state index in [9.17, 15) is 4.79 Å². The van der Waals surface area contributed by atoms with Gasteiger partial charge in [-0.15, -0.1) is 0 Å². The van der Waals surface area contributed by atoms with Crippen molar-refractivity contribution in [3.63, 3.8) is 0 Å². The lowest BCUT2D eigenvalue weighted by Gasteiger charge is -2.13. The van der Waals surface area contributed by atoms with E-state index < -0.39 is 0 Å². The van der Waals surface area contributed by atoms with Gasteiger partial charge in [0.05, 0.1) is 18.5 Å². The van der Waals surface area contributed by atoms with Gasteiger partial charge in [-0.3, -0.25) is 14.5 Å². The van der Waals surface area contributed by atoms with Crippen LogP contribution < -0.4 is 15.8 Å². The Morgan fingerprint density at radius 1 is 1.31 bits per heavy atom. The molecule has 0 aliphatic heterocycles. The van der Waals surface area contributed by atoms with Crippen molar-refractivity contribution in [2.45, 2.75) is 6.42 Å². The normalized spacial score (nSPS) is 10.5. The van der Waals surface area contributed by atoms with Crippen LogP contribution >= 0.6 is 0 Å². The van der Waals surface area contributed by atoms with Crippen molar-refractivity contribution in [1.82, 2.24) is 20.1 Å². The van der Waals surface area contributed by atoms with E-state index in [-0.39, 0.29) is 5.91 Å². The second-order valence-corrected chi connectivity index (χ2v) is 5.86. The second kappa shape index (κ2) is 7.69. The number of hydrogen-bond acceptors (Lipinski definition) is 5. The molecule has 3 aromatic rings. The Hall–Kier alpha value is -3.35. The van der Waals surface area contributed by atoms with Crippen LogP contribution in [0.5, 0.6) is 5.75 Å². The van der Waals surface area contributed by atoms with Crippen molar-refractivity contribution in [2.75, 3.05) is 19.4 Å². The molecule has 0 unspecified atom stereocenters. The molecule has 2 heterocycles. The number of nitrogens with one attached hydrogen (secondary N) is 1. The van der Waals surface area contributed by atoms with Crippen LogP contribution in [0, 0.1) is 0 Å². The molecule has 26 heavy (non-hydrogen) atoms. The molecule has 0 radical (unpaired) electrons. The van der Waals surface area contributed by atoms with E-state index in [1.165, 1.54) is 0 Å². The molecule has 0 spiro atoms. The maximum Gasteiger partial charge on any atom is 0.269 e. The van der Waals surface area contributed by atoms with Crippen LogP contribution in [0.1, 0.15) is 16.1 Å². The van der Waals surface area contributed by atoms with Crippen molar-refractivity contribution in [3.05, 3.63) is 60.0 Å². The molecule has 0 fully saturated rings. The summed E-state index contributed by atoms with van der Waals surface area (Å²) in [5, 5.41) is 7.29. The van der Waals surface area contributed by atoms with Gasteiger partial charge in [-0.1, -0.05) is 6.07 Å². The smallest absolute Gasteiger partial charge is 0.269 e. The third kappa shape index (κ3) is 3.83. The quantitative estimate of drug-likeness (QED) is 0.663. The van der Waals surface area contributed by atoms with E-state index in [0.717, 1.165) is 16.8 Å². The summed E-state index contributed by atoms with van der Waals surface area (Å²) in [6.07, 6.45) is 4.09. The van der Waals surface area contributed by atoms with Crippen LogP contribution in [0.25, 0.3) is 11.3 Å². The Morgan fingerprint density at radius 2 is 2.15 bits per heavy atom. The van der Waals surface area contributed by atoms with Crippen molar-refractivity contribution in [1.29, 1.82) is 0 Å². The first-order valence-electron chi connectivity index (χ1n) is 8.24. The molecule has 3 N–H and O–H groups in total. The van der Waals surface area contributed by atoms with E-state index in [4.69, 9.17) is 10.5 Å². The van der Waals surface area contributed by atoms with Gasteiger partial charge >= 0.3 is 0 Å². The summed E-state index contributed by atoms with van der Waals surface area (Å²) in [7, 11) is 3.45. The SMILES string of the molecule is COc1c(N)cc(CCNC(=O)c2ccccn2)cc1-c1ccn(C)n1. The molecule has 7 nitrogen and oxygen atoms in total. The fourth-order valence-corrected chi connectivity index (χ4v) is 2.74. The van der Waals surface area contributed by atoms with Crippen LogP contribution in [0.15, 0.2) is 48.8 Å². The Bertz CT molecular complexity index is 906. The molecular formula is C19H21N5O2. The zero-order valence-corrected chi connectivity index (χ0v) is 14.8. The molecule has 0 bridgehead atoms. The standard InChI is InChI=1S/C19H21N5O2/c1-24-10-7-16(23-24)14-11-13(12-15(20)18(14)26-2)6-9-22-19(25)17-5-3-4-8-21-17/h3-5,7-8,10-12H,6,9,20H2,1-2H3,(H,22,25). The van der Waals surface area contributed by atoms with Crippen molar-refractivity contribution >= 4 is 11.6 Å². The maximum absolute atomic E-state index is 12.1. The summed E-state index contributed by atoms with van der Waals surface area (Å²) in [5.41, 5.74) is 9.70. The highest BCUT2D eigenvalue weighted by Crippen LogP contribution is 2.35. The highest BCUT2D eigenvalue weighted by Gasteiger charge is 2.14. The van der Waals surface area contributed by atoms with Crippen LogP contribution in [0.3, 0.4) is 0 Å². The Balaban J connectivity index is 1.74. The van der Waals surface area contributed by atoms with E-state index in [2.05, 4.69) is 15.4 Å². The minimum absolute atomic E-state index is 0.197. The minimum atomic E-state index is -0.197. The molecule has 0 aliphatic rings. The number of nitrogens with zero attached hydrogens (tertiary/aromatic N) is 3. The Labute approximate surface area is 151 Å². The van der Waals surface area contributed by atoms with E-state index in [1.54, 1.807) is 36.2 Å². The van der Waals surface area contributed by atoms with Gasteiger partial charge < -0.3 is 15.8 Å². The van der Waals surface area contributed by atoms with E-state index in [0.29, 0.717) is 30.1 Å². The van der Waals surface area contributed by atoms with Crippen LogP contribution in [0.2, 0.25) is 0 Å². The predicted octanol–water partition coefficient (Wildman–Crippen LogP) is 2.05. The number of pyridine rings is 1. The number of aryl methyl sites for hydroxylation is 1. The summed E-state index contributed by atoms with van der Waals surface area (Å²) >= 11 is 0. The van der Waals surface area contributed by atoms with Gasteiger partial charge in [0.15, 0.2) is 5.75 Å². The van der Waals surface area contributed by atoms with Gasteiger partial charge in [0.25, 0.3) is 5.91 Å². The second-order valence-electron chi connectivity index (χ2n) is 5.86. The maximum atomic E-state index is 12.1. The first-order valence-corrected chi connectivity index (χ1v) is 8.24. The van der Waals surface area contributed by atoms with E-state index >= 15 is 0 Å². The van der Waals surface area contributed by atoms with Gasteiger partial charge in [-0.25, -0.2) is 0 Å². The number of hydrogen-bond donors (Lipinski definition) is 2. The number of anilines is 1. The summed E-state index contributed by atoms with van der Waals surface area (Å²) in [6, 6.07) is 11.0. The number of rotatable bonds is 6. The Morgan fingerprint density at radius 3 is 2.81 bits per heavy atom. The monoisotopic (exact) mass is 351 g/mol. The molecule has 3 rings (SSSR count). The number of nitrogen functional groups attached to an aromatic ring is 1. The van der Waals surface area contributed by atoms with Gasteiger partial charge in [0.1, 0.15) is 5.69 Å². The molecule has 0 saturated carbocycles. The average Bonchev–Trinajstić information content (AvgIpc) is 3.08. The third-order valence-electron chi connectivity index (χ3n) is 3.97. The summed E-state index contributed by atoms with van der Waals surface area (Å²) in [5.74, 6) is 0.405. The van der Waals surface area contributed by atoms with E-state index in [1.807, 2.05) is 31.4 Å². The molecule has 1 amide bonds. The molecule has 7 heteroatoms. The number of amides is 1. The number of benzene rings is 1. The molecule has 1 aromatic carbocycles. The summed E-state index contributed by atoms with van der Waals surface area (Å²) in [4.78, 5) is 16.1. The highest BCUT2D eigenvalue weighted by atomic mass is 16.5. The zero-order valence-electron chi connectivity index (χ0n) is 14.8. The summed E-state index contributed by atoms with van der Waals surface area (Å²) in [6.45, 7) is 0.475. The van der Waals surface area contributed by atoms with Crippen molar-refractivity contribution in [3.8, 4) is 17.0 Å². The lowest BCUT2D eigenvalue weighted by Crippen LogP contribution is -2.26. The lowest BCUT2D eigenvalue weighted by atomic mass is 10.0. The van der Waals surface area contributed by atoms with Crippen molar-refractivity contribution in [2.24, 2.45) is 7.05 Å². The zero-order chi connectivity index (χ0) is 18.5. The van der Waals surface area contributed by atoms with Gasteiger partial charge in [-0.05, 0) is 42.3 Å². The fourth-order valence-electron chi connectivity index (χ4n) is 2.74. The highest BCUT2D eigenvalue weighted by molar-refractivity contribution is 5.92. The van der Waals surface area contributed by atoms with Gasteiger partial charge in [-0.2, -0.15) is 5.10 Å². The predicted molar refractivity (Wildman–Crippen MR) is 99.9 cm³/mol. The number of aromatic nitrogens is 3. The van der Waals surface area contributed by atoms with Gasteiger partial charge in [0, 0.05) is 31.5 Å². The number of methoxy groups -OCH3 is 1.